The van der Waals surface area contributed by atoms with Gasteiger partial charge in [0.2, 0.25) is 0 Å². The maximum absolute atomic E-state index is 12.1. The van der Waals surface area contributed by atoms with E-state index in [0.29, 0.717) is 5.56 Å². The van der Waals surface area contributed by atoms with Crippen LogP contribution >= 0.6 is 0 Å². The molecule has 6 heteroatoms. The predicted molar refractivity (Wildman–Crippen MR) is 67.8 cm³/mol. The Kier molecular flexibility index (Phi) is 4.13. The number of benzene rings is 1. The van der Waals surface area contributed by atoms with E-state index in [1.807, 2.05) is 19.1 Å². The molecule has 0 aliphatic carbocycles. The molecule has 0 radical (unpaired) electrons. The predicted octanol–water partition coefficient (Wildman–Crippen LogP) is 1.19. The number of amides is 1. The third kappa shape index (κ3) is 2.88. The first-order valence-corrected chi connectivity index (χ1v) is 7.08. The summed E-state index contributed by atoms with van der Waals surface area (Å²) in [4.78, 5) is 11.4. The zero-order valence-electron chi connectivity index (χ0n) is 10.6. The number of rotatable bonds is 4. The van der Waals surface area contributed by atoms with Crippen molar-refractivity contribution < 1.29 is 18.4 Å². The molecule has 0 aromatic heterocycles. The second kappa shape index (κ2) is 5.07. The summed E-state index contributed by atoms with van der Waals surface area (Å²) in [5.41, 5.74) is 3.03. The van der Waals surface area contributed by atoms with Crippen molar-refractivity contribution in [2.75, 3.05) is 0 Å². The molecule has 100 valence electrons. The standard InChI is InChI=1S/C12H17NO4S/c1-9-4-6-10(7-5-9)8-18(16,17)12(2,3)11(14)13-15/h4-7,15H,8H2,1-3H3,(H,13,14). The van der Waals surface area contributed by atoms with Gasteiger partial charge < -0.3 is 0 Å². The topological polar surface area (TPSA) is 83.5 Å². The minimum absolute atomic E-state index is 0.242. The van der Waals surface area contributed by atoms with Gasteiger partial charge in [-0.05, 0) is 26.3 Å². The number of aryl methyl sites for hydroxylation is 1. The Balaban J connectivity index is 3.02. The Hall–Kier alpha value is -1.40. The van der Waals surface area contributed by atoms with Crippen LogP contribution in [0.1, 0.15) is 25.0 Å². The molecule has 18 heavy (non-hydrogen) atoms. The Morgan fingerprint density at radius 1 is 1.28 bits per heavy atom. The lowest BCUT2D eigenvalue weighted by molar-refractivity contribution is -0.131. The number of hydrogen-bond donors (Lipinski definition) is 2. The van der Waals surface area contributed by atoms with Crippen LogP contribution in [-0.2, 0) is 20.4 Å². The molecule has 0 heterocycles. The molecule has 0 atom stereocenters. The van der Waals surface area contributed by atoms with Crippen molar-refractivity contribution >= 4 is 15.7 Å². The highest BCUT2D eigenvalue weighted by molar-refractivity contribution is 7.92. The van der Waals surface area contributed by atoms with E-state index in [1.54, 1.807) is 12.1 Å². The second-order valence-corrected chi connectivity index (χ2v) is 7.23. The molecule has 0 spiro atoms. The summed E-state index contributed by atoms with van der Waals surface area (Å²) in [6.45, 7) is 4.44. The number of nitrogens with one attached hydrogen (secondary N) is 1. The van der Waals surface area contributed by atoms with Gasteiger partial charge in [-0.3, -0.25) is 10.0 Å². The van der Waals surface area contributed by atoms with Gasteiger partial charge in [-0.2, -0.15) is 0 Å². The normalized spacial score (nSPS) is 12.2. The van der Waals surface area contributed by atoms with E-state index in [0.717, 1.165) is 5.56 Å². The summed E-state index contributed by atoms with van der Waals surface area (Å²) in [7, 11) is -3.71. The fourth-order valence-corrected chi connectivity index (χ4v) is 2.68. The lowest BCUT2D eigenvalue weighted by atomic mass is 10.2. The first-order chi connectivity index (χ1) is 8.20. The molecular weight excluding hydrogens is 254 g/mol. The van der Waals surface area contributed by atoms with E-state index in [-0.39, 0.29) is 5.75 Å². The summed E-state index contributed by atoms with van der Waals surface area (Å²) >= 11 is 0. The molecule has 2 N–H and O–H groups in total. The highest BCUT2D eigenvalue weighted by atomic mass is 32.2. The first-order valence-electron chi connectivity index (χ1n) is 5.43. The molecule has 1 amide bonds. The van der Waals surface area contributed by atoms with Crippen LogP contribution in [0.25, 0.3) is 0 Å². The third-order valence-electron chi connectivity index (χ3n) is 2.90. The molecule has 0 aliphatic rings. The van der Waals surface area contributed by atoms with Gasteiger partial charge >= 0.3 is 0 Å². The van der Waals surface area contributed by atoms with Gasteiger partial charge in [-0.25, -0.2) is 13.9 Å². The quantitative estimate of drug-likeness (QED) is 0.636. The van der Waals surface area contributed by atoms with Crippen molar-refractivity contribution in [3.05, 3.63) is 35.4 Å². The summed E-state index contributed by atoms with van der Waals surface area (Å²) in [6.07, 6.45) is 0. The Labute approximate surface area is 107 Å². The fourth-order valence-electron chi connectivity index (χ4n) is 1.36. The molecule has 1 rings (SSSR count). The summed E-state index contributed by atoms with van der Waals surface area (Å²) in [5, 5.41) is 8.57. The Morgan fingerprint density at radius 3 is 2.22 bits per heavy atom. The van der Waals surface area contributed by atoms with Crippen molar-refractivity contribution in [2.45, 2.75) is 31.3 Å². The zero-order valence-corrected chi connectivity index (χ0v) is 11.4. The number of sulfone groups is 1. The van der Waals surface area contributed by atoms with Crippen LogP contribution in [0.4, 0.5) is 0 Å². The van der Waals surface area contributed by atoms with Gasteiger partial charge in [0, 0.05) is 0 Å². The molecule has 1 aromatic rings. The van der Waals surface area contributed by atoms with Crippen LogP contribution in [0.5, 0.6) is 0 Å². The van der Waals surface area contributed by atoms with Gasteiger partial charge in [0.1, 0.15) is 4.75 Å². The molecule has 0 saturated heterocycles. The Morgan fingerprint density at radius 2 is 1.78 bits per heavy atom. The van der Waals surface area contributed by atoms with E-state index >= 15 is 0 Å². The van der Waals surface area contributed by atoms with Crippen LogP contribution in [-0.4, -0.2) is 24.3 Å². The van der Waals surface area contributed by atoms with E-state index in [2.05, 4.69) is 0 Å². The molecule has 0 bridgehead atoms. The summed E-state index contributed by atoms with van der Waals surface area (Å²) in [6, 6.07) is 7.04. The number of hydrogen-bond acceptors (Lipinski definition) is 4. The van der Waals surface area contributed by atoms with Crippen molar-refractivity contribution in [1.29, 1.82) is 0 Å². The average Bonchev–Trinajstić information content (AvgIpc) is 2.30. The molecule has 0 aliphatic heterocycles. The van der Waals surface area contributed by atoms with Crippen molar-refractivity contribution in [3.8, 4) is 0 Å². The van der Waals surface area contributed by atoms with E-state index < -0.39 is 20.5 Å². The van der Waals surface area contributed by atoms with Crippen LogP contribution < -0.4 is 5.48 Å². The van der Waals surface area contributed by atoms with Crippen molar-refractivity contribution in [3.63, 3.8) is 0 Å². The second-order valence-electron chi connectivity index (χ2n) is 4.70. The lowest BCUT2D eigenvalue weighted by Crippen LogP contribution is -2.47. The zero-order chi connectivity index (χ0) is 14.0. The van der Waals surface area contributed by atoms with Crippen molar-refractivity contribution in [1.82, 2.24) is 5.48 Å². The highest BCUT2D eigenvalue weighted by Gasteiger charge is 2.41. The summed E-state index contributed by atoms with van der Waals surface area (Å²) < 4.78 is 22.6. The molecular formula is C12H17NO4S. The van der Waals surface area contributed by atoms with Gasteiger partial charge in [0.05, 0.1) is 5.75 Å². The van der Waals surface area contributed by atoms with Gasteiger partial charge in [0.25, 0.3) is 5.91 Å². The van der Waals surface area contributed by atoms with Crippen LogP contribution in [0, 0.1) is 6.92 Å². The first kappa shape index (κ1) is 14.7. The van der Waals surface area contributed by atoms with Gasteiger partial charge in [0.15, 0.2) is 9.84 Å². The highest BCUT2D eigenvalue weighted by Crippen LogP contribution is 2.21. The molecule has 0 fully saturated rings. The van der Waals surface area contributed by atoms with E-state index in [4.69, 9.17) is 5.21 Å². The van der Waals surface area contributed by atoms with E-state index in [1.165, 1.54) is 19.3 Å². The van der Waals surface area contributed by atoms with Gasteiger partial charge in [-0.1, -0.05) is 29.8 Å². The number of hydroxylamine groups is 1. The maximum atomic E-state index is 12.1. The SMILES string of the molecule is Cc1ccc(CS(=O)(=O)C(C)(C)C(=O)NO)cc1. The van der Waals surface area contributed by atoms with Crippen LogP contribution in [0.2, 0.25) is 0 Å². The minimum atomic E-state index is -3.71. The molecule has 0 saturated carbocycles. The van der Waals surface area contributed by atoms with E-state index in [9.17, 15) is 13.2 Å². The van der Waals surface area contributed by atoms with Crippen LogP contribution in [0.3, 0.4) is 0 Å². The smallest absolute Gasteiger partial charge is 0.264 e. The summed E-state index contributed by atoms with van der Waals surface area (Å²) in [5.74, 6) is -1.18. The monoisotopic (exact) mass is 271 g/mol. The number of carbonyl (C=O) groups is 1. The average molecular weight is 271 g/mol. The lowest BCUT2D eigenvalue weighted by Gasteiger charge is -2.22. The van der Waals surface area contributed by atoms with Crippen LogP contribution in [0.15, 0.2) is 24.3 Å². The number of carbonyl (C=O) groups excluding carboxylic acids is 1. The van der Waals surface area contributed by atoms with Gasteiger partial charge in [-0.15, -0.1) is 0 Å². The molecule has 1 aromatic carbocycles. The van der Waals surface area contributed by atoms with Crippen molar-refractivity contribution in [2.24, 2.45) is 0 Å². The minimum Gasteiger partial charge on any atom is -0.289 e. The molecule has 5 nitrogen and oxygen atoms in total. The fraction of sp³-hybridized carbons (Fsp3) is 0.417. The third-order valence-corrected chi connectivity index (χ3v) is 5.36. The Bertz CT molecular complexity index is 532. The molecule has 0 unspecified atom stereocenters. The largest absolute Gasteiger partial charge is 0.289 e. The maximum Gasteiger partial charge on any atom is 0.264 e.